The highest BCUT2D eigenvalue weighted by Gasteiger charge is 2.27. The molecule has 0 fully saturated rings. The molecule has 0 atom stereocenters. The monoisotopic (exact) mass is 403 g/mol. The maximum atomic E-state index is 12.5. The minimum absolute atomic E-state index is 0.120. The molecule has 1 amide bonds. The fourth-order valence-corrected chi connectivity index (χ4v) is 3.57. The van der Waals surface area contributed by atoms with E-state index in [4.69, 9.17) is 10.5 Å². The quantitative estimate of drug-likeness (QED) is 0.689. The number of nitrogens with two attached hydrogens (primary N) is 1. The van der Waals surface area contributed by atoms with Gasteiger partial charge >= 0.3 is 10.2 Å². The van der Waals surface area contributed by atoms with Crippen molar-refractivity contribution >= 4 is 27.6 Å². The number of carbonyl (C=O) groups excluding carboxylic acids is 1. The number of amides is 1. The lowest BCUT2D eigenvalue weighted by atomic mass is 10.1. The summed E-state index contributed by atoms with van der Waals surface area (Å²) in [5.41, 5.74) is 6.86. The minimum atomic E-state index is -3.86. The number of hydrogen-bond donors (Lipinski definition) is 3. The van der Waals surface area contributed by atoms with Gasteiger partial charge in [-0.2, -0.15) is 8.42 Å². The molecule has 0 spiro atoms. The Morgan fingerprint density at radius 1 is 1.29 bits per heavy atom. The predicted octanol–water partition coefficient (Wildman–Crippen LogP) is 1.35. The average molecular weight is 403 g/mol. The molecule has 10 heteroatoms. The number of anilines is 1. The highest BCUT2D eigenvalue weighted by molar-refractivity contribution is 7.91. The Bertz CT molecular complexity index is 1060. The number of aromatic nitrogens is 1. The number of benzene rings is 1. The highest BCUT2D eigenvalue weighted by Crippen LogP contribution is 2.30. The zero-order chi connectivity index (χ0) is 20.5. The molecule has 1 aromatic carbocycles. The number of fused-ring (bicyclic) bond motifs is 1. The van der Waals surface area contributed by atoms with Crippen molar-refractivity contribution in [3.8, 4) is 5.75 Å². The molecule has 0 unspecified atom stereocenters. The van der Waals surface area contributed by atoms with E-state index in [0.717, 1.165) is 0 Å². The molecule has 1 aliphatic rings. The third-order valence-corrected chi connectivity index (χ3v) is 4.95. The Kier molecular flexibility index (Phi) is 4.99. The van der Waals surface area contributed by atoms with Crippen LogP contribution in [-0.2, 0) is 10.2 Å². The molecule has 3 rings (SSSR count). The summed E-state index contributed by atoms with van der Waals surface area (Å²) in [6, 6.07) is 8.26. The number of pyridine rings is 1. The summed E-state index contributed by atoms with van der Waals surface area (Å²) in [4.78, 5) is 16.6. The van der Waals surface area contributed by atoms with Crippen LogP contribution in [0.3, 0.4) is 0 Å². The van der Waals surface area contributed by atoms with E-state index >= 15 is 0 Å². The topological polar surface area (TPSA) is 136 Å². The van der Waals surface area contributed by atoms with Crippen molar-refractivity contribution in [1.82, 2.24) is 10.3 Å². The summed E-state index contributed by atoms with van der Waals surface area (Å²) < 4.78 is 34.9. The summed E-state index contributed by atoms with van der Waals surface area (Å²) in [7, 11) is -3.86. The van der Waals surface area contributed by atoms with Gasteiger partial charge in [0, 0.05) is 11.9 Å². The summed E-state index contributed by atoms with van der Waals surface area (Å²) in [6.45, 7) is 5.50. The van der Waals surface area contributed by atoms with E-state index in [-0.39, 0.29) is 24.0 Å². The van der Waals surface area contributed by atoms with Gasteiger partial charge in [0.1, 0.15) is 12.4 Å². The third-order valence-electron chi connectivity index (χ3n) is 4.03. The van der Waals surface area contributed by atoms with Gasteiger partial charge in [0.05, 0.1) is 22.4 Å². The molecule has 0 radical (unpaired) electrons. The zero-order valence-corrected chi connectivity index (χ0v) is 16.5. The second-order valence-corrected chi connectivity index (χ2v) is 8.33. The van der Waals surface area contributed by atoms with Gasteiger partial charge in [-0.05, 0) is 45.0 Å². The first-order valence-electron chi connectivity index (χ1n) is 8.46. The largest absolute Gasteiger partial charge is 0.490 e. The SMILES string of the molecule is Cc1ncccc1C(=O)NC(C)(C)COc1cccc2c1C(N)=NS(=O)(=O)N2. The first kappa shape index (κ1) is 19.6. The number of ether oxygens (including phenoxy) is 1. The number of hydrogen-bond acceptors (Lipinski definition) is 6. The van der Waals surface area contributed by atoms with Crippen LogP contribution < -0.4 is 20.5 Å². The van der Waals surface area contributed by atoms with E-state index in [1.807, 2.05) is 13.8 Å². The first-order valence-corrected chi connectivity index (χ1v) is 9.90. The van der Waals surface area contributed by atoms with Gasteiger partial charge < -0.3 is 15.8 Å². The predicted molar refractivity (Wildman–Crippen MR) is 106 cm³/mol. The summed E-state index contributed by atoms with van der Waals surface area (Å²) in [5.74, 6) is -0.0543. The molecule has 2 aromatic rings. The number of aryl methyl sites for hydroxylation is 1. The number of nitrogens with zero attached hydrogens (tertiary/aromatic N) is 2. The molecule has 0 saturated carbocycles. The maximum Gasteiger partial charge on any atom is 0.344 e. The molecule has 148 valence electrons. The molecule has 28 heavy (non-hydrogen) atoms. The van der Waals surface area contributed by atoms with Crippen LogP contribution in [0.2, 0.25) is 0 Å². The van der Waals surface area contributed by atoms with Crippen molar-refractivity contribution in [3.63, 3.8) is 0 Å². The number of amidine groups is 1. The van der Waals surface area contributed by atoms with Gasteiger partial charge in [0.25, 0.3) is 5.91 Å². The van der Waals surface area contributed by atoms with E-state index in [0.29, 0.717) is 22.6 Å². The maximum absolute atomic E-state index is 12.5. The fraction of sp³-hybridized carbons (Fsp3) is 0.278. The van der Waals surface area contributed by atoms with Crippen LogP contribution in [0, 0.1) is 6.92 Å². The summed E-state index contributed by atoms with van der Waals surface area (Å²) in [6.07, 6.45) is 1.62. The molecule has 0 bridgehead atoms. The molecule has 1 aliphatic heterocycles. The number of rotatable bonds is 5. The van der Waals surface area contributed by atoms with Gasteiger partial charge in [0.15, 0.2) is 5.84 Å². The minimum Gasteiger partial charge on any atom is -0.490 e. The van der Waals surface area contributed by atoms with E-state index < -0.39 is 15.7 Å². The smallest absolute Gasteiger partial charge is 0.344 e. The van der Waals surface area contributed by atoms with Gasteiger partial charge in [0.2, 0.25) is 0 Å². The second kappa shape index (κ2) is 7.12. The van der Waals surface area contributed by atoms with Gasteiger partial charge in [-0.3, -0.25) is 14.5 Å². The molecular formula is C18H21N5O4S. The molecule has 2 heterocycles. The first-order chi connectivity index (χ1) is 13.1. The van der Waals surface area contributed by atoms with Crippen molar-refractivity contribution in [3.05, 3.63) is 53.3 Å². The van der Waals surface area contributed by atoms with Crippen molar-refractivity contribution in [2.24, 2.45) is 10.1 Å². The fourth-order valence-electron chi connectivity index (χ4n) is 2.73. The second-order valence-electron chi connectivity index (χ2n) is 7.00. The summed E-state index contributed by atoms with van der Waals surface area (Å²) in [5, 5.41) is 2.91. The Hall–Kier alpha value is -3.14. The van der Waals surface area contributed by atoms with E-state index in [1.165, 1.54) is 0 Å². The molecule has 9 nitrogen and oxygen atoms in total. The van der Waals surface area contributed by atoms with Gasteiger partial charge in [-0.15, -0.1) is 4.40 Å². The van der Waals surface area contributed by atoms with Crippen molar-refractivity contribution in [2.45, 2.75) is 26.3 Å². The van der Waals surface area contributed by atoms with E-state index in [2.05, 4.69) is 19.4 Å². The normalized spacial score (nSPS) is 15.0. The van der Waals surface area contributed by atoms with Crippen LogP contribution in [0.5, 0.6) is 5.75 Å². The van der Waals surface area contributed by atoms with Crippen LogP contribution >= 0.6 is 0 Å². The van der Waals surface area contributed by atoms with Crippen LogP contribution in [0.25, 0.3) is 0 Å². The van der Waals surface area contributed by atoms with Gasteiger partial charge in [-0.1, -0.05) is 6.07 Å². The van der Waals surface area contributed by atoms with Crippen LogP contribution in [-0.4, -0.2) is 37.3 Å². The van der Waals surface area contributed by atoms with Gasteiger partial charge in [-0.25, -0.2) is 0 Å². The van der Waals surface area contributed by atoms with E-state index in [9.17, 15) is 13.2 Å². The zero-order valence-electron chi connectivity index (χ0n) is 15.7. The molecule has 1 aromatic heterocycles. The standard InChI is InChI=1S/C18H21N5O4S/c1-11-12(6-5-9-20-11)17(24)21-18(2,3)10-27-14-8-4-7-13-15(14)16(19)23-28(25,26)22-13/h4-9,22H,10H2,1-3H3,(H2,19,23)(H,21,24). The lowest BCUT2D eigenvalue weighted by Gasteiger charge is -2.28. The van der Waals surface area contributed by atoms with Crippen molar-refractivity contribution in [2.75, 3.05) is 11.3 Å². The van der Waals surface area contributed by atoms with Crippen LogP contribution in [0.15, 0.2) is 40.9 Å². The molecule has 0 saturated heterocycles. The molecule has 4 N–H and O–H groups in total. The number of carbonyl (C=O) groups is 1. The van der Waals surface area contributed by atoms with E-state index in [1.54, 1.807) is 43.5 Å². The lowest BCUT2D eigenvalue weighted by molar-refractivity contribution is 0.0879. The Morgan fingerprint density at radius 2 is 2.04 bits per heavy atom. The molecule has 0 aliphatic carbocycles. The Morgan fingerprint density at radius 3 is 2.75 bits per heavy atom. The Labute approximate surface area is 163 Å². The third kappa shape index (κ3) is 4.22. The highest BCUT2D eigenvalue weighted by atomic mass is 32.2. The number of nitrogens with one attached hydrogen (secondary N) is 2. The summed E-state index contributed by atoms with van der Waals surface area (Å²) >= 11 is 0. The van der Waals surface area contributed by atoms with Crippen LogP contribution in [0.4, 0.5) is 5.69 Å². The molecular weight excluding hydrogens is 382 g/mol. The van der Waals surface area contributed by atoms with Crippen molar-refractivity contribution in [1.29, 1.82) is 0 Å². The Balaban J connectivity index is 1.76. The average Bonchev–Trinajstić information content (AvgIpc) is 2.58. The lowest BCUT2D eigenvalue weighted by Crippen LogP contribution is -2.48. The van der Waals surface area contributed by atoms with Crippen LogP contribution in [0.1, 0.15) is 35.5 Å². The van der Waals surface area contributed by atoms with Crippen molar-refractivity contribution < 1.29 is 17.9 Å².